The number of hydrogen-bond acceptors (Lipinski definition) is 6. The van der Waals surface area contributed by atoms with Crippen molar-refractivity contribution in [1.82, 2.24) is 15.0 Å². The topological polar surface area (TPSA) is 97.7 Å². The lowest BCUT2D eigenvalue weighted by molar-refractivity contribution is 0.327. The molecule has 6 heteroatoms. The first-order valence-electron chi connectivity index (χ1n) is 7.44. The largest absolute Gasteiger partial charge is 0.478 e. The Bertz CT molecular complexity index is 886. The first-order chi connectivity index (χ1) is 11.7. The Morgan fingerprint density at radius 3 is 2.67 bits per heavy atom. The lowest BCUT2D eigenvalue weighted by Gasteiger charge is -2.10. The van der Waals surface area contributed by atoms with Gasteiger partial charge in [0.25, 0.3) is 0 Å². The number of anilines is 1. The number of pyridine rings is 3. The molecule has 0 bridgehead atoms. The van der Waals surface area contributed by atoms with Crippen molar-refractivity contribution in [2.24, 2.45) is 0 Å². The van der Waals surface area contributed by atoms with Crippen LogP contribution in [0.1, 0.15) is 12.5 Å². The zero-order valence-corrected chi connectivity index (χ0v) is 13.1. The Balaban J connectivity index is 2.12. The summed E-state index contributed by atoms with van der Waals surface area (Å²) in [6.45, 7) is 2.44. The molecule has 2 N–H and O–H groups in total. The van der Waals surface area contributed by atoms with E-state index >= 15 is 0 Å². The third kappa shape index (κ3) is 3.01. The van der Waals surface area contributed by atoms with E-state index in [1.54, 1.807) is 24.5 Å². The van der Waals surface area contributed by atoms with Crippen LogP contribution in [0.15, 0.2) is 48.8 Å². The molecule has 118 valence electrons. The Kier molecular flexibility index (Phi) is 4.34. The summed E-state index contributed by atoms with van der Waals surface area (Å²) in [5.74, 6) is 0.705. The van der Waals surface area contributed by atoms with Crippen LogP contribution < -0.4 is 10.5 Å². The quantitative estimate of drug-likeness (QED) is 0.794. The second-order valence-electron chi connectivity index (χ2n) is 4.96. The molecule has 0 atom stereocenters. The average Bonchev–Trinajstić information content (AvgIpc) is 2.63. The highest BCUT2D eigenvalue weighted by Crippen LogP contribution is 2.30. The smallest absolute Gasteiger partial charge is 0.213 e. The van der Waals surface area contributed by atoms with Gasteiger partial charge in [0.15, 0.2) is 0 Å². The standard InChI is InChI=1S/C18H15N5O/c1-2-24-17-7-6-12(11-22-17)13-9-16(15-5-3-4-8-21-15)23-18(20)14(13)10-19/h3-9,11H,2H2,1H3,(H2,20,23). The highest BCUT2D eigenvalue weighted by Gasteiger charge is 2.14. The maximum atomic E-state index is 9.43. The van der Waals surface area contributed by atoms with Gasteiger partial charge >= 0.3 is 0 Å². The fraction of sp³-hybridized carbons (Fsp3) is 0.111. The van der Waals surface area contributed by atoms with Crippen LogP contribution in [0.4, 0.5) is 5.82 Å². The molecule has 0 amide bonds. The number of nitriles is 1. The number of rotatable bonds is 4. The van der Waals surface area contributed by atoms with E-state index in [4.69, 9.17) is 10.5 Å². The number of nitrogens with two attached hydrogens (primary N) is 1. The Morgan fingerprint density at radius 1 is 1.17 bits per heavy atom. The van der Waals surface area contributed by atoms with Crippen LogP contribution in [-0.2, 0) is 0 Å². The van der Waals surface area contributed by atoms with Crippen LogP contribution in [-0.4, -0.2) is 21.6 Å². The number of nitrogen functional groups attached to an aromatic ring is 1. The van der Waals surface area contributed by atoms with E-state index in [-0.39, 0.29) is 5.82 Å². The summed E-state index contributed by atoms with van der Waals surface area (Å²) in [4.78, 5) is 12.8. The Hall–Kier alpha value is -3.46. The van der Waals surface area contributed by atoms with E-state index in [2.05, 4.69) is 21.0 Å². The molecule has 24 heavy (non-hydrogen) atoms. The molecule has 3 aromatic rings. The molecule has 0 saturated heterocycles. The number of nitrogens with zero attached hydrogens (tertiary/aromatic N) is 4. The lowest BCUT2D eigenvalue weighted by Crippen LogP contribution is -2.01. The van der Waals surface area contributed by atoms with Gasteiger partial charge in [-0.3, -0.25) is 4.98 Å². The summed E-state index contributed by atoms with van der Waals surface area (Å²) >= 11 is 0. The first-order valence-corrected chi connectivity index (χ1v) is 7.44. The predicted molar refractivity (Wildman–Crippen MR) is 91.0 cm³/mol. The molecule has 0 unspecified atom stereocenters. The van der Waals surface area contributed by atoms with Crippen LogP contribution in [0.2, 0.25) is 0 Å². The molecule has 3 heterocycles. The Labute approximate surface area is 139 Å². The molecule has 0 fully saturated rings. The minimum atomic E-state index is 0.171. The molecule has 0 aromatic carbocycles. The lowest BCUT2D eigenvalue weighted by atomic mass is 10.0. The third-order valence-electron chi connectivity index (χ3n) is 3.43. The zero-order chi connectivity index (χ0) is 16.9. The monoisotopic (exact) mass is 317 g/mol. The predicted octanol–water partition coefficient (Wildman–Crippen LogP) is 3.06. The highest BCUT2D eigenvalue weighted by atomic mass is 16.5. The molecular formula is C18H15N5O. The van der Waals surface area contributed by atoms with E-state index in [1.165, 1.54) is 0 Å². The molecule has 0 spiro atoms. The van der Waals surface area contributed by atoms with E-state index in [1.807, 2.05) is 31.2 Å². The van der Waals surface area contributed by atoms with Crippen molar-refractivity contribution in [1.29, 1.82) is 5.26 Å². The summed E-state index contributed by atoms with van der Waals surface area (Å²) in [7, 11) is 0. The molecule has 0 aliphatic heterocycles. The van der Waals surface area contributed by atoms with Gasteiger partial charge in [-0.15, -0.1) is 0 Å². The van der Waals surface area contributed by atoms with Crippen molar-refractivity contribution in [2.45, 2.75) is 6.92 Å². The zero-order valence-electron chi connectivity index (χ0n) is 13.1. The van der Waals surface area contributed by atoms with E-state index in [0.717, 1.165) is 5.56 Å². The first kappa shape index (κ1) is 15.4. The fourth-order valence-corrected chi connectivity index (χ4v) is 2.33. The summed E-state index contributed by atoms with van der Waals surface area (Å²) in [5, 5.41) is 9.43. The van der Waals surface area contributed by atoms with Crippen molar-refractivity contribution < 1.29 is 4.74 Å². The summed E-state index contributed by atoms with van der Waals surface area (Å²) in [6, 6.07) is 13.1. The van der Waals surface area contributed by atoms with Crippen LogP contribution in [0.25, 0.3) is 22.5 Å². The fourth-order valence-electron chi connectivity index (χ4n) is 2.33. The minimum Gasteiger partial charge on any atom is -0.478 e. The van der Waals surface area contributed by atoms with Gasteiger partial charge in [0.1, 0.15) is 17.5 Å². The van der Waals surface area contributed by atoms with Crippen molar-refractivity contribution in [3.8, 4) is 34.5 Å². The molecule has 0 radical (unpaired) electrons. The number of hydrogen-bond donors (Lipinski definition) is 1. The van der Waals surface area contributed by atoms with E-state index in [9.17, 15) is 5.26 Å². The van der Waals surface area contributed by atoms with Crippen molar-refractivity contribution >= 4 is 5.82 Å². The maximum absolute atomic E-state index is 9.43. The molecular weight excluding hydrogens is 302 g/mol. The van der Waals surface area contributed by atoms with Crippen molar-refractivity contribution in [2.75, 3.05) is 12.3 Å². The summed E-state index contributed by atoms with van der Waals surface area (Å²) in [6.07, 6.45) is 3.34. The maximum Gasteiger partial charge on any atom is 0.213 e. The van der Waals surface area contributed by atoms with Crippen molar-refractivity contribution in [3.05, 3.63) is 54.4 Å². The van der Waals surface area contributed by atoms with Gasteiger partial charge in [-0.25, -0.2) is 9.97 Å². The molecule has 3 aromatic heterocycles. The van der Waals surface area contributed by atoms with Crippen molar-refractivity contribution in [3.63, 3.8) is 0 Å². The number of ether oxygens (including phenoxy) is 1. The molecule has 6 nitrogen and oxygen atoms in total. The van der Waals surface area contributed by atoms with Gasteiger partial charge in [0, 0.05) is 29.6 Å². The van der Waals surface area contributed by atoms with Crippen LogP contribution in [0, 0.1) is 11.3 Å². The summed E-state index contributed by atoms with van der Waals surface area (Å²) in [5.41, 5.74) is 9.03. The Morgan fingerprint density at radius 2 is 2.04 bits per heavy atom. The molecule has 3 rings (SSSR count). The third-order valence-corrected chi connectivity index (χ3v) is 3.43. The molecule has 0 aliphatic rings. The second kappa shape index (κ2) is 6.75. The molecule has 0 saturated carbocycles. The number of aromatic nitrogens is 3. The van der Waals surface area contributed by atoms with E-state index < -0.39 is 0 Å². The van der Waals surface area contributed by atoms with Gasteiger partial charge in [-0.2, -0.15) is 5.26 Å². The van der Waals surface area contributed by atoms with Gasteiger partial charge in [0.05, 0.1) is 18.0 Å². The minimum absolute atomic E-state index is 0.171. The van der Waals surface area contributed by atoms with Gasteiger partial charge in [0.2, 0.25) is 5.88 Å². The average molecular weight is 317 g/mol. The SMILES string of the molecule is CCOc1ccc(-c2cc(-c3ccccn3)nc(N)c2C#N)cn1. The molecule has 0 aliphatic carbocycles. The normalized spacial score (nSPS) is 10.2. The van der Waals surface area contributed by atoms with Gasteiger partial charge in [-0.1, -0.05) is 6.07 Å². The van der Waals surface area contributed by atoms with Crippen LogP contribution in [0.5, 0.6) is 5.88 Å². The van der Waals surface area contributed by atoms with E-state index in [0.29, 0.717) is 35.0 Å². The van der Waals surface area contributed by atoms with Crippen LogP contribution in [0.3, 0.4) is 0 Å². The second-order valence-corrected chi connectivity index (χ2v) is 4.96. The highest BCUT2D eigenvalue weighted by molar-refractivity contribution is 5.79. The van der Waals surface area contributed by atoms with Crippen LogP contribution >= 0.6 is 0 Å². The van der Waals surface area contributed by atoms with Gasteiger partial charge in [-0.05, 0) is 31.2 Å². The summed E-state index contributed by atoms with van der Waals surface area (Å²) < 4.78 is 5.35. The van der Waals surface area contributed by atoms with Gasteiger partial charge < -0.3 is 10.5 Å².